The van der Waals surface area contributed by atoms with E-state index in [1.165, 1.54) is 22.7 Å². The summed E-state index contributed by atoms with van der Waals surface area (Å²) < 4.78 is 0.694. The van der Waals surface area contributed by atoms with E-state index in [0.717, 1.165) is 4.88 Å². The van der Waals surface area contributed by atoms with Crippen molar-refractivity contribution in [3.8, 4) is 0 Å². The lowest BCUT2D eigenvalue weighted by molar-refractivity contribution is 0.0787. The minimum atomic E-state index is -0.219. The van der Waals surface area contributed by atoms with E-state index in [9.17, 15) is 9.59 Å². The third kappa shape index (κ3) is 4.28. The van der Waals surface area contributed by atoms with Crippen molar-refractivity contribution in [3.05, 3.63) is 73.6 Å². The summed E-state index contributed by atoms with van der Waals surface area (Å²) in [6.07, 6.45) is 0. The number of anilines is 1. The van der Waals surface area contributed by atoms with Gasteiger partial charge in [0, 0.05) is 11.9 Å². The summed E-state index contributed by atoms with van der Waals surface area (Å²) in [5, 5.41) is 4.66. The molecule has 0 unspecified atom stereocenters. The first-order valence-electron chi connectivity index (χ1n) is 7.48. The third-order valence-corrected chi connectivity index (χ3v) is 5.60. The molecular formula is C18H15ClN2O2S2. The van der Waals surface area contributed by atoms with Crippen molar-refractivity contribution in [1.29, 1.82) is 0 Å². The Bertz CT molecular complexity index is 890. The fourth-order valence-electron chi connectivity index (χ4n) is 2.32. The number of hydrogen-bond donors (Lipinski definition) is 1. The van der Waals surface area contributed by atoms with Crippen LogP contribution in [0.5, 0.6) is 0 Å². The van der Waals surface area contributed by atoms with Gasteiger partial charge in [-0.2, -0.15) is 0 Å². The number of thiophene rings is 2. The zero-order valence-electron chi connectivity index (χ0n) is 13.4. The van der Waals surface area contributed by atoms with E-state index in [4.69, 9.17) is 11.6 Å². The summed E-state index contributed by atoms with van der Waals surface area (Å²) in [6.45, 7) is 0.462. The van der Waals surface area contributed by atoms with E-state index < -0.39 is 0 Å². The Morgan fingerprint density at radius 2 is 1.92 bits per heavy atom. The highest BCUT2D eigenvalue weighted by Gasteiger charge is 2.18. The highest BCUT2D eigenvalue weighted by Crippen LogP contribution is 2.24. The second kappa shape index (κ2) is 7.82. The summed E-state index contributed by atoms with van der Waals surface area (Å²) in [6, 6.07) is 14.3. The quantitative estimate of drug-likeness (QED) is 0.667. The van der Waals surface area contributed by atoms with Crippen molar-refractivity contribution in [2.75, 3.05) is 12.4 Å². The lowest BCUT2D eigenvalue weighted by Gasteiger charge is -2.18. The Morgan fingerprint density at radius 1 is 1.12 bits per heavy atom. The fraction of sp³-hybridized carbons (Fsp3) is 0.111. The van der Waals surface area contributed by atoms with Crippen molar-refractivity contribution in [3.63, 3.8) is 0 Å². The molecule has 3 rings (SSSR count). The SMILES string of the molecule is CN(Cc1ccc(Cl)s1)C(=O)c1ccccc1NC(=O)c1cccs1. The van der Waals surface area contributed by atoms with E-state index in [1.54, 1.807) is 42.3 Å². The van der Waals surface area contributed by atoms with Gasteiger partial charge < -0.3 is 10.2 Å². The molecule has 0 atom stereocenters. The van der Waals surface area contributed by atoms with E-state index in [0.29, 0.717) is 27.0 Å². The highest BCUT2D eigenvalue weighted by atomic mass is 35.5. The van der Waals surface area contributed by atoms with Crippen LogP contribution in [0, 0.1) is 0 Å². The van der Waals surface area contributed by atoms with Crippen molar-refractivity contribution >= 4 is 51.8 Å². The Morgan fingerprint density at radius 3 is 2.60 bits per heavy atom. The number of para-hydroxylation sites is 1. The molecule has 0 spiro atoms. The second-order valence-corrected chi connectivity index (χ2v) is 8.09. The van der Waals surface area contributed by atoms with Crippen LogP contribution in [0.15, 0.2) is 53.9 Å². The molecule has 1 N–H and O–H groups in total. The van der Waals surface area contributed by atoms with Crippen LogP contribution in [0.2, 0.25) is 4.34 Å². The lowest BCUT2D eigenvalue weighted by atomic mass is 10.1. The second-order valence-electron chi connectivity index (χ2n) is 5.34. The number of carbonyl (C=O) groups is 2. The standard InChI is InChI=1S/C18H15ClN2O2S2/c1-21(11-12-8-9-16(19)25-12)18(23)13-5-2-3-6-14(13)20-17(22)15-7-4-10-24-15/h2-10H,11H2,1H3,(H,20,22). The van der Waals surface area contributed by atoms with Gasteiger partial charge in [0.1, 0.15) is 0 Å². The van der Waals surface area contributed by atoms with Crippen LogP contribution in [0.1, 0.15) is 24.9 Å². The van der Waals surface area contributed by atoms with Crippen LogP contribution < -0.4 is 5.32 Å². The number of nitrogens with one attached hydrogen (secondary N) is 1. The van der Waals surface area contributed by atoms with Gasteiger partial charge >= 0.3 is 0 Å². The topological polar surface area (TPSA) is 49.4 Å². The monoisotopic (exact) mass is 390 g/mol. The molecule has 25 heavy (non-hydrogen) atoms. The maximum atomic E-state index is 12.8. The summed E-state index contributed by atoms with van der Waals surface area (Å²) in [5.41, 5.74) is 0.958. The van der Waals surface area contributed by atoms with Crippen LogP contribution in [0.25, 0.3) is 0 Å². The minimum absolute atomic E-state index is 0.161. The zero-order valence-corrected chi connectivity index (χ0v) is 15.8. The number of carbonyl (C=O) groups excluding carboxylic acids is 2. The molecule has 0 radical (unpaired) electrons. The highest BCUT2D eigenvalue weighted by molar-refractivity contribution is 7.16. The predicted molar refractivity (Wildman–Crippen MR) is 104 cm³/mol. The van der Waals surface area contributed by atoms with E-state index in [1.807, 2.05) is 23.6 Å². The molecule has 0 aliphatic rings. The van der Waals surface area contributed by atoms with Gasteiger partial charge in [-0.3, -0.25) is 9.59 Å². The van der Waals surface area contributed by atoms with Crippen molar-refractivity contribution in [2.45, 2.75) is 6.54 Å². The first-order chi connectivity index (χ1) is 12.0. The van der Waals surface area contributed by atoms with Gasteiger partial charge in [0.05, 0.1) is 27.0 Å². The molecule has 0 saturated carbocycles. The molecule has 2 heterocycles. The summed E-state index contributed by atoms with van der Waals surface area (Å²) in [4.78, 5) is 28.3. The van der Waals surface area contributed by atoms with Crippen molar-refractivity contribution in [2.24, 2.45) is 0 Å². The third-order valence-electron chi connectivity index (χ3n) is 3.52. The number of nitrogens with zero attached hydrogens (tertiary/aromatic N) is 1. The van der Waals surface area contributed by atoms with Gasteiger partial charge in [-0.15, -0.1) is 22.7 Å². The molecule has 4 nitrogen and oxygen atoms in total. The number of rotatable bonds is 5. The largest absolute Gasteiger partial charge is 0.336 e. The molecule has 2 aromatic heterocycles. The molecule has 1 aromatic carbocycles. The fourth-order valence-corrected chi connectivity index (χ4v) is 4.08. The summed E-state index contributed by atoms with van der Waals surface area (Å²) in [7, 11) is 1.73. The molecule has 0 saturated heterocycles. The Balaban J connectivity index is 1.77. The molecule has 0 aliphatic carbocycles. The number of benzene rings is 1. The maximum Gasteiger partial charge on any atom is 0.265 e. The molecule has 128 valence electrons. The maximum absolute atomic E-state index is 12.8. The van der Waals surface area contributed by atoms with Crippen LogP contribution >= 0.6 is 34.3 Å². The molecule has 0 bridgehead atoms. The number of hydrogen-bond acceptors (Lipinski definition) is 4. The van der Waals surface area contributed by atoms with Gasteiger partial charge in [-0.05, 0) is 35.7 Å². The summed E-state index contributed by atoms with van der Waals surface area (Å²) >= 11 is 8.74. The Hall–Kier alpha value is -2.15. The van der Waals surface area contributed by atoms with Gasteiger partial charge in [-0.1, -0.05) is 29.8 Å². The predicted octanol–water partition coefficient (Wildman–Crippen LogP) is 4.99. The molecule has 0 fully saturated rings. The first kappa shape index (κ1) is 17.7. The number of amides is 2. The number of halogens is 1. The molecular weight excluding hydrogens is 376 g/mol. The van der Waals surface area contributed by atoms with Crippen LogP contribution in [-0.4, -0.2) is 23.8 Å². The Kier molecular flexibility index (Phi) is 5.53. The normalized spacial score (nSPS) is 10.5. The summed E-state index contributed by atoms with van der Waals surface area (Å²) in [5.74, 6) is -0.380. The van der Waals surface area contributed by atoms with Gasteiger partial charge in [-0.25, -0.2) is 0 Å². The van der Waals surface area contributed by atoms with Crippen LogP contribution in [-0.2, 0) is 6.54 Å². The van der Waals surface area contributed by atoms with Gasteiger partial charge in [0.15, 0.2) is 0 Å². The molecule has 0 aliphatic heterocycles. The molecule has 3 aromatic rings. The van der Waals surface area contributed by atoms with Crippen LogP contribution in [0.3, 0.4) is 0 Å². The van der Waals surface area contributed by atoms with E-state index in [-0.39, 0.29) is 11.8 Å². The molecule has 2 amide bonds. The average molecular weight is 391 g/mol. The Labute approximate surface area is 158 Å². The lowest BCUT2D eigenvalue weighted by Crippen LogP contribution is -2.27. The zero-order chi connectivity index (χ0) is 17.8. The minimum Gasteiger partial charge on any atom is -0.336 e. The van der Waals surface area contributed by atoms with Gasteiger partial charge in [0.25, 0.3) is 11.8 Å². The average Bonchev–Trinajstić information content (AvgIpc) is 3.26. The van der Waals surface area contributed by atoms with E-state index in [2.05, 4.69) is 5.32 Å². The van der Waals surface area contributed by atoms with E-state index >= 15 is 0 Å². The smallest absolute Gasteiger partial charge is 0.265 e. The van der Waals surface area contributed by atoms with Crippen molar-refractivity contribution < 1.29 is 9.59 Å². The van der Waals surface area contributed by atoms with Crippen molar-refractivity contribution in [1.82, 2.24) is 4.90 Å². The van der Waals surface area contributed by atoms with Gasteiger partial charge in [0.2, 0.25) is 0 Å². The first-order valence-corrected chi connectivity index (χ1v) is 9.55. The molecule has 7 heteroatoms. The van der Waals surface area contributed by atoms with Crippen LogP contribution in [0.4, 0.5) is 5.69 Å².